The maximum atomic E-state index is 13.3. The van der Waals surface area contributed by atoms with Gasteiger partial charge in [0.05, 0.1) is 62.7 Å². The topological polar surface area (TPSA) is 68.8 Å². The molecule has 9 heteroatoms. The molecule has 1 atom stereocenters. The second-order valence-corrected chi connectivity index (χ2v) is 12.7. The van der Waals surface area contributed by atoms with E-state index in [1.54, 1.807) is 33.5 Å². The average molecular weight is 630 g/mol. The molecule has 1 fully saturated rings. The van der Waals surface area contributed by atoms with Gasteiger partial charge < -0.3 is 29.3 Å². The van der Waals surface area contributed by atoms with Crippen molar-refractivity contribution in [2.75, 3.05) is 46.3 Å². The van der Waals surface area contributed by atoms with Crippen LogP contribution in [0.1, 0.15) is 37.8 Å². The summed E-state index contributed by atoms with van der Waals surface area (Å²) >= 11 is 12.4. The van der Waals surface area contributed by atoms with Crippen molar-refractivity contribution in [3.8, 4) is 17.2 Å². The highest BCUT2D eigenvalue weighted by Gasteiger charge is 2.37. The highest BCUT2D eigenvalue weighted by atomic mass is 35.5. The maximum Gasteiger partial charge on any atom is 0.319 e. The van der Waals surface area contributed by atoms with Gasteiger partial charge in [-0.05, 0) is 48.8 Å². The lowest BCUT2D eigenvalue weighted by atomic mass is 9.87. The van der Waals surface area contributed by atoms with Crippen molar-refractivity contribution in [3.63, 3.8) is 0 Å². The molecule has 1 aliphatic rings. The van der Waals surface area contributed by atoms with Crippen LogP contribution in [0.15, 0.2) is 60.7 Å². The zero-order valence-corrected chi connectivity index (χ0v) is 27.3. The van der Waals surface area contributed by atoms with E-state index in [9.17, 15) is 4.79 Å². The Morgan fingerprint density at radius 2 is 1.53 bits per heavy atom. The first-order valence-corrected chi connectivity index (χ1v) is 15.6. The zero-order chi connectivity index (χ0) is 31.0. The van der Waals surface area contributed by atoms with Crippen LogP contribution in [0.5, 0.6) is 17.2 Å². The molecule has 1 saturated heterocycles. The van der Waals surface area contributed by atoms with Gasteiger partial charge in [-0.1, -0.05) is 73.4 Å². The van der Waals surface area contributed by atoms with Gasteiger partial charge in [-0.3, -0.25) is 0 Å². The highest BCUT2D eigenvalue weighted by molar-refractivity contribution is 6.42. The third-order valence-electron chi connectivity index (χ3n) is 8.52. The molecule has 43 heavy (non-hydrogen) atoms. The predicted octanol–water partition coefficient (Wildman–Crippen LogP) is 7.84. The van der Waals surface area contributed by atoms with Gasteiger partial charge in [0.2, 0.25) is 5.75 Å². The lowest BCUT2D eigenvalue weighted by Gasteiger charge is -2.46. The lowest BCUT2D eigenvalue weighted by Crippen LogP contribution is -2.60. The second kappa shape index (κ2) is 15.0. The van der Waals surface area contributed by atoms with Crippen molar-refractivity contribution in [1.29, 1.82) is 0 Å². The molecule has 0 bridgehead atoms. The minimum absolute atomic E-state index is 0.0302. The van der Waals surface area contributed by atoms with Crippen LogP contribution in [0, 0.1) is 11.8 Å². The summed E-state index contributed by atoms with van der Waals surface area (Å²) in [5, 5.41) is 7.46. The second-order valence-electron chi connectivity index (χ2n) is 11.9. The Labute approximate surface area is 266 Å². The van der Waals surface area contributed by atoms with Crippen LogP contribution in [0.3, 0.4) is 0 Å². The molecule has 3 aromatic carbocycles. The van der Waals surface area contributed by atoms with Gasteiger partial charge in [-0.15, -0.1) is 0 Å². The molecule has 0 unspecified atom stereocenters. The summed E-state index contributed by atoms with van der Waals surface area (Å²) in [4.78, 5) is 13.3. The molecule has 232 valence electrons. The van der Waals surface area contributed by atoms with Crippen LogP contribution in [0.2, 0.25) is 10.0 Å². The normalized spacial score (nSPS) is 19.0. The van der Waals surface area contributed by atoms with Gasteiger partial charge in [0.1, 0.15) is 6.54 Å². The number of urea groups is 1. The first-order valence-electron chi connectivity index (χ1n) is 14.9. The molecule has 1 aliphatic heterocycles. The number of nitrogens with zero attached hydrogens (tertiary/aromatic N) is 1. The van der Waals surface area contributed by atoms with Crippen molar-refractivity contribution in [1.82, 2.24) is 5.32 Å². The van der Waals surface area contributed by atoms with Crippen molar-refractivity contribution >= 4 is 34.9 Å². The van der Waals surface area contributed by atoms with E-state index in [1.165, 1.54) is 11.1 Å². The van der Waals surface area contributed by atoms with Crippen LogP contribution in [0.25, 0.3) is 0 Å². The molecule has 0 aliphatic carbocycles. The number of benzene rings is 3. The fourth-order valence-corrected chi connectivity index (χ4v) is 6.40. The Bertz CT molecular complexity index is 1340. The van der Waals surface area contributed by atoms with Crippen LogP contribution >= 0.6 is 23.2 Å². The number of nitrogens with one attached hydrogen (secondary N) is 2. The Hall–Kier alpha value is -3.13. The summed E-state index contributed by atoms with van der Waals surface area (Å²) in [5.41, 5.74) is 3.10. The summed E-state index contributed by atoms with van der Waals surface area (Å²) in [6.07, 6.45) is 3.20. The number of hydrogen-bond donors (Lipinski definition) is 2. The number of hydrogen-bond acceptors (Lipinski definition) is 4. The number of carbonyl (C=O) groups is 1. The summed E-state index contributed by atoms with van der Waals surface area (Å²) in [6, 6.07) is 19.8. The minimum atomic E-state index is -0.264. The van der Waals surface area contributed by atoms with Crippen LogP contribution in [0.4, 0.5) is 10.5 Å². The zero-order valence-electron chi connectivity index (χ0n) is 25.8. The Morgan fingerprint density at radius 1 is 0.884 bits per heavy atom. The summed E-state index contributed by atoms with van der Waals surface area (Å²) in [5.74, 6) is 2.26. The standard InChI is InChI=1S/C34H43Cl2N3O4/c1-23(2)30(38-34(40)37-27-19-31(41-3)33(43-5)32(20-27)42-4)22-39(21-25-9-7-6-8-10-25)15-13-24(14-16-39)17-26-11-12-28(35)29(36)18-26/h6-12,18-20,23-24,30H,13-17,21-22H2,1-5H3,(H-,37,38,40)/p+1/t24?,30-,39?/m0/s1. The molecular weight excluding hydrogens is 585 g/mol. The molecule has 0 aromatic heterocycles. The number of quaternary nitrogens is 1. The highest BCUT2D eigenvalue weighted by Crippen LogP contribution is 2.40. The number of piperidine rings is 1. The number of rotatable bonds is 12. The van der Waals surface area contributed by atoms with Crippen LogP contribution in [-0.2, 0) is 13.0 Å². The number of likely N-dealkylation sites (tertiary alicyclic amines) is 1. The minimum Gasteiger partial charge on any atom is -0.493 e. The van der Waals surface area contributed by atoms with Gasteiger partial charge in [0.15, 0.2) is 11.5 Å². The fraction of sp³-hybridized carbons (Fsp3) is 0.441. The van der Waals surface area contributed by atoms with Gasteiger partial charge in [0.25, 0.3) is 0 Å². The predicted molar refractivity (Wildman–Crippen MR) is 175 cm³/mol. The summed E-state index contributed by atoms with van der Waals surface area (Å²) < 4.78 is 17.3. The molecule has 0 spiro atoms. The van der Waals surface area contributed by atoms with Crippen LogP contribution in [-0.4, -0.2) is 57.5 Å². The number of ether oxygens (including phenoxy) is 3. The molecule has 0 saturated carbocycles. The van der Waals surface area contributed by atoms with Gasteiger partial charge in [-0.25, -0.2) is 4.79 Å². The van der Waals surface area contributed by atoms with Crippen molar-refractivity contribution in [2.24, 2.45) is 11.8 Å². The number of amides is 2. The van der Waals surface area contributed by atoms with E-state index in [4.69, 9.17) is 37.4 Å². The van der Waals surface area contributed by atoms with E-state index in [2.05, 4.69) is 60.9 Å². The monoisotopic (exact) mass is 628 g/mol. The summed E-state index contributed by atoms with van der Waals surface area (Å²) in [6.45, 7) is 8.19. The Balaban J connectivity index is 1.48. The van der Waals surface area contributed by atoms with E-state index in [-0.39, 0.29) is 18.0 Å². The number of halogens is 2. The van der Waals surface area contributed by atoms with E-state index in [1.807, 2.05) is 12.1 Å². The molecule has 7 nitrogen and oxygen atoms in total. The first-order chi connectivity index (χ1) is 20.6. The van der Waals surface area contributed by atoms with Gasteiger partial charge >= 0.3 is 6.03 Å². The van der Waals surface area contributed by atoms with E-state index in [0.29, 0.717) is 38.9 Å². The number of methoxy groups -OCH3 is 3. The van der Waals surface area contributed by atoms with Crippen molar-refractivity contribution in [3.05, 3.63) is 81.8 Å². The van der Waals surface area contributed by atoms with Gasteiger partial charge in [0, 0.05) is 17.7 Å². The van der Waals surface area contributed by atoms with E-state index >= 15 is 0 Å². The molecule has 1 heterocycles. The largest absolute Gasteiger partial charge is 0.493 e. The average Bonchev–Trinajstić information content (AvgIpc) is 2.99. The SMILES string of the molecule is COc1cc(NC(=O)N[C@@H](C[N+]2(Cc3ccccc3)CCC(Cc3ccc(Cl)c(Cl)c3)CC2)C(C)C)cc(OC)c1OC. The molecular formula is C34H44Cl2N3O4+. The lowest BCUT2D eigenvalue weighted by molar-refractivity contribution is -0.947. The Kier molecular flexibility index (Phi) is 11.5. The quantitative estimate of drug-likeness (QED) is 0.201. The third kappa shape index (κ3) is 8.71. The number of anilines is 1. The molecule has 2 N–H and O–H groups in total. The van der Waals surface area contributed by atoms with Crippen molar-refractivity contribution in [2.45, 2.75) is 45.7 Å². The Morgan fingerprint density at radius 3 is 2.09 bits per heavy atom. The van der Waals surface area contributed by atoms with E-state index < -0.39 is 0 Å². The third-order valence-corrected chi connectivity index (χ3v) is 9.26. The molecule has 3 aromatic rings. The first kappa shape index (κ1) is 32.8. The smallest absolute Gasteiger partial charge is 0.319 e. The van der Waals surface area contributed by atoms with Gasteiger partial charge in [-0.2, -0.15) is 0 Å². The number of carbonyl (C=O) groups excluding carboxylic acids is 1. The van der Waals surface area contributed by atoms with Crippen LogP contribution < -0.4 is 24.8 Å². The van der Waals surface area contributed by atoms with Crippen molar-refractivity contribution < 1.29 is 23.5 Å². The van der Waals surface area contributed by atoms with E-state index in [0.717, 1.165) is 49.9 Å². The fourth-order valence-electron chi connectivity index (χ4n) is 6.08. The molecule has 2 amide bonds. The molecule has 4 rings (SSSR count). The molecule has 0 radical (unpaired) electrons. The maximum absolute atomic E-state index is 13.3. The summed E-state index contributed by atoms with van der Waals surface area (Å²) in [7, 11) is 4.66.